The summed E-state index contributed by atoms with van der Waals surface area (Å²) in [6.07, 6.45) is 28.0. The van der Waals surface area contributed by atoms with Crippen LogP contribution in [0.2, 0.25) is 0 Å². The van der Waals surface area contributed by atoms with Gasteiger partial charge in [-0.05, 0) is 155 Å². The Morgan fingerprint density at radius 2 is 0.798 bits per heavy atom. The molecule has 0 bridgehead atoms. The topological polar surface area (TPSA) is 226 Å². The van der Waals surface area contributed by atoms with Gasteiger partial charge in [-0.25, -0.2) is 19.1 Å². The number of aryl methyl sites for hydroxylation is 5. The van der Waals surface area contributed by atoms with Gasteiger partial charge in [-0.3, -0.25) is 9.59 Å². The van der Waals surface area contributed by atoms with Gasteiger partial charge < -0.3 is 50.9 Å². The van der Waals surface area contributed by atoms with Crippen LogP contribution in [0.5, 0.6) is 5.75 Å². The Kier molecular flexibility index (Phi) is 40.5. The molecule has 8 N–H and O–H groups in total. The summed E-state index contributed by atoms with van der Waals surface area (Å²) in [5.41, 5.74) is 9.07. The molecule has 0 spiro atoms. The monoisotopic (exact) mass is 1310 g/mol. The molecular weight excluding hydrogens is 1200 g/mol. The molecule has 0 saturated heterocycles. The van der Waals surface area contributed by atoms with Gasteiger partial charge in [0.05, 0.1) is 0 Å². The molecule has 0 aliphatic heterocycles. The van der Waals surface area contributed by atoms with Crippen molar-refractivity contribution >= 4 is 69.6 Å². The van der Waals surface area contributed by atoms with Crippen LogP contribution in [-0.2, 0) is 20.7 Å². The molecule has 17 nitrogen and oxygen atoms in total. The van der Waals surface area contributed by atoms with Crippen molar-refractivity contribution in [2.24, 2.45) is 0 Å². The number of ether oxygens (including phenoxy) is 2. The summed E-state index contributed by atoms with van der Waals surface area (Å²) < 4.78 is 30.6. The lowest BCUT2D eigenvalue weighted by Crippen LogP contribution is -2.33. The van der Waals surface area contributed by atoms with Gasteiger partial charge >= 0.3 is 29.4 Å². The number of hydrogen-bond acceptors (Lipinski definition) is 9. The number of para-hydroxylation sites is 2. The van der Waals surface area contributed by atoms with Crippen molar-refractivity contribution < 1.29 is 41.8 Å². The largest absolute Gasteiger partial charge is 0.385 e. The molecule has 94 heavy (non-hydrogen) atoms. The summed E-state index contributed by atoms with van der Waals surface area (Å²) in [7, 11) is 0. The zero-order chi connectivity index (χ0) is 67.8. The van der Waals surface area contributed by atoms with Crippen molar-refractivity contribution in [2.75, 3.05) is 66.1 Å². The van der Waals surface area contributed by atoms with E-state index in [1.165, 1.54) is 116 Å². The Labute approximate surface area is 564 Å². The second kappa shape index (κ2) is 48.6. The van der Waals surface area contributed by atoms with Crippen molar-refractivity contribution in [1.82, 2.24) is 15.4 Å². The average Bonchev–Trinajstić information content (AvgIpc) is 0.966. The van der Waals surface area contributed by atoms with Crippen LogP contribution in [0.4, 0.5) is 42.8 Å². The zero-order valence-electron chi connectivity index (χ0n) is 57.2. The summed E-state index contributed by atoms with van der Waals surface area (Å²) in [5, 5.41) is 19.6. The Hall–Kier alpha value is -8.06. The Balaban J connectivity index is 0.000000324. The standard InChI is InChI=1S/C39H70N2O4.C21H20N4O2.C16H18N2O3S/c1-4-6-8-10-12-14-16-18-20-22-30-44-32-24-28-40-38(42)36-27-26-35(3)37(34-36)39(43)41-29-25-33-45-31-23-21-19-17-15-13-11-9-7-5-2;1-15-12-18(24-20(26)22-16-8-4-2-5-9-16)14-19(13-15)25-21(27)23-17-10-6-3-7-11-17;1-11-5-8-14(9-6-11)21-22(20)18-16(19)17-15-10-12(2)4-7-13(15)3/h26-27,34H,4-25,28-33H2,1-3H3,(H,40,42)(H,41,43);2-14H,1H3,(H2,22,24,26)(H2,23,25,27);4-10H,1-3H3,(H2,17,18,19). The first-order valence-electron chi connectivity index (χ1n) is 34.1. The highest BCUT2D eigenvalue weighted by Crippen LogP contribution is 2.22. The number of urea groups is 3. The molecule has 18 heteroatoms. The number of nitrogens with one attached hydrogen (secondary N) is 8. The Bertz CT molecular complexity index is 3060. The lowest BCUT2D eigenvalue weighted by molar-refractivity contribution is 0.0938. The van der Waals surface area contributed by atoms with Gasteiger partial charge in [-0.2, -0.15) is 4.21 Å². The van der Waals surface area contributed by atoms with Crippen LogP contribution in [0.25, 0.3) is 0 Å². The fraction of sp³-hybridized carbons (Fsp3) is 0.461. The van der Waals surface area contributed by atoms with Crippen molar-refractivity contribution in [3.63, 3.8) is 0 Å². The number of carbonyl (C=O) groups excluding carboxylic acids is 5. The van der Waals surface area contributed by atoms with E-state index in [1.807, 2.05) is 120 Å². The molecule has 6 aromatic carbocycles. The van der Waals surface area contributed by atoms with Crippen molar-refractivity contribution in [1.29, 1.82) is 0 Å². The van der Waals surface area contributed by atoms with Gasteiger partial charge in [0.2, 0.25) is 0 Å². The van der Waals surface area contributed by atoms with E-state index in [2.05, 4.69) is 55.8 Å². The quantitative estimate of drug-likeness (QED) is 0.0171. The highest BCUT2D eigenvalue weighted by Gasteiger charge is 2.15. The average molecular weight is 1310 g/mol. The highest BCUT2D eigenvalue weighted by molar-refractivity contribution is 7.79. The SMILES string of the molecule is CCCCCCCCCCCCOCCCNC(=O)c1ccc(C)c(C(=O)NCCCOCCCCCCCCCCCC)c1.Cc1cc(NC(=O)Nc2ccccc2)cc(NC(=O)Nc2ccccc2)c1.Cc1ccc(OS(=O)NC(=O)Nc2cc(C)ccc2C)cc1. The second-order valence-corrected chi connectivity index (χ2v) is 24.7. The van der Waals surface area contributed by atoms with Gasteiger partial charge in [-0.1, -0.05) is 202 Å². The van der Waals surface area contributed by atoms with Crippen LogP contribution in [-0.4, -0.2) is 73.6 Å². The molecular formula is C76H108N8O9S. The molecule has 6 aromatic rings. The number of unbranched alkanes of at least 4 members (excludes halogenated alkanes) is 18. The predicted molar refractivity (Wildman–Crippen MR) is 388 cm³/mol. The van der Waals surface area contributed by atoms with E-state index in [9.17, 15) is 28.2 Å². The maximum atomic E-state index is 12.8. The normalized spacial score (nSPS) is 10.9. The molecule has 0 heterocycles. The van der Waals surface area contributed by atoms with E-state index < -0.39 is 17.3 Å². The van der Waals surface area contributed by atoms with Crippen LogP contribution in [0, 0.1) is 34.6 Å². The lowest BCUT2D eigenvalue weighted by Gasteiger charge is -2.12. The number of rotatable bonds is 40. The number of carbonyl (C=O) groups is 5. The van der Waals surface area contributed by atoms with E-state index in [0.717, 1.165) is 66.7 Å². The second-order valence-electron chi connectivity index (χ2n) is 23.8. The van der Waals surface area contributed by atoms with E-state index in [0.29, 0.717) is 71.6 Å². The molecule has 0 aliphatic rings. The predicted octanol–water partition coefficient (Wildman–Crippen LogP) is 18.8. The maximum Gasteiger partial charge on any atom is 0.333 e. The minimum absolute atomic E-state index is 0.141. The smallest absolute Gasteiger partial charge is 0.333 e. The number of amides is 8. The minimum atomic E-state index is -1.96. The molecule has 6 rings (SSSR count). The number of anilines is 5. The molecule has 0 radical (unpaired) electrons. The van der Waals surface area contributed by atoms with Gasteiger partial charge in [0, 0.05) is 79.1 Å². The Morgan fingerprint density at radius 3 is 1.29 bits per heavy atom. The van der Waals surface area contributed by atoms with Crippen LogP contribution in [0.1, 0.15) is 204 Å². The van der Waals surface area contributed by atoms with Gasteiger partial charge in [0.15, 0.2) is 0 Å². The summed E-state index contributed by atoms with van der Waals surface area (Å²) in [5.74, 6) is 0.132. The van der Waals surface area contributed by atoms with Crippen LogP contribution in [0.3, 0.4) is 0 Å². The third kappa shape index (κ3) is 36.4. The third-order valence-corrected chi connectivity index (χ3v) is 15.9. The lowest BCUT2D eigenvalue weighted by atomic mass is 10.0. The van der Waals surface area contributed by atoms with E-state index >= 15 is 0 Å². The first-order valence-corrected chi connectivity index (χ1v) is 35.2. The molecule has 1 atom stereocenters. The Morgan fingerprint density at radius 1 is 0.372 bits per heavy atom. The van der Waals surface area contributed by atoms with Gasteiger partial charge in [0.25, 0.3) is 11.8 Å². The first-order chi connectivity index (χ1) is 45.6. The molecule has 8 amide bonds. The van der Waals surface area contributed by atoms with Crippen LogP contribution >= 0.6 is 0 Å². The summed E-state index contributed by atoms with van der Waals surface area (Å²) in [6, 6.07) is 40.5. The molecule has 0 aliphatic carbocycles. The molecule has 0 fully saturated rings. The molecule has 0 saturated carbocycles. The van der Waals surface area contributed by atoms with Crippen LogP contribution < -0.4 is 46.1 Å². The van der Waals surface area contributed by atoms with E-state index in [1.54, 1.807) is 54.6 Å². The van der Waals surface area contributed by atoms with E-state index in [-0.39, 0.29) is 23.9 Å². The third-order valence-electron chi connectivity index (χ3n) is 15.2. The van der Waals surface area contributed by atoms with Crippen LogP contribution in [0.15, 0.2) is 140 Å². The summed E-state index contributed by atoms with van der Waals surface area (Å²) in [4.78, 5) is 61.6. The van der Waals surface area contributed by atoms with Gasteiger partial charge in [-0.15, -0.1) is 0 Å². The fourth-order valence-corrected chi connectivity index (χ4v) is 10.4. The maximum absolute atomic E-state index is 12.8. The van der Waals surface area contributed by atoms with E-state index in [4.69, 9.17) is 13.7 Å². The number of hydrogen-bond donors (Lipinski definition) is 8. The first kappa shape index (κ1) is 78.4. The molecule has 0 aromatic heterocycles. The summed E-state index contributed by atoms with van der Waals surface area (Å²) >= 11 is -1.96. The molecule has 1 unspecified atom stereocenters. The van der Waals surface area contributed by atoms with Crippen molar-refractivity contribution in [2.45, 2.75) is 190 Å². The number of benzene rings is 6. The highest BCUT2D eigenvalue weighted by atomic mass is 32.2. The molecule has 512 valence electrons. The van der Waals surface area contributed by atoms with Crippen molar-refractivity contribution in [3.8, 4) is 5.75 Å². The minimum Gasteiger partial charge on any atom is -0.385 e. The van der Waals surface area contributed by atoms with Crippen molar-refractivity contribution in [3.05, 3.63) is 178 Å². The summed E-state index contributed by atoms with van der Waals surface area (Å²) in [6.45, 7) is 18.1. The zero-order valence-corrected chi connectivity index (χ0v) is 58.0. The van der Waals surface area contributed by atoms with Gasteiger partial charge in [0.1, 0.15) is 5.75 Å². The fourth-order valence-electron chi connectivity index (χ4n) is 9.90.